The van der Waals surface area contributed by atoms with Crippen molar-refractivity contribution < 1.29 is 27.0 Å². The van der Waals surface area contributed by atoms with Crippen molar-refractivity contribution in [1.82, 2.24) is 9.99 Å². The van der Waals surface area contributed by atoms with Crippen molar-refractivity contribution in [3.8, 4) is 0 Å². The Bertz CT molecular complexity index is 792. The van der Waals surface area contributed by atoms with Crippen molar-refractivity contribution in [3.63, 3.8) is 0 Å². The van der Waals surface area contributed by atoms with E-state index in [2.05, 4.69) is 23.9 Å². The average Bonchev–Trinajstić information content (AvgIpc) is 3.41. The third-order valence-corrected chi connectivity index (χ3v) is 3.57. The molecule has 1 aliphatic rings. The van der Waals surface area contributed by atoms with E-state index >= 15 is 0 Å². The summed E-state index contributed by atoms with van der Waals surface area (Å²) in [5.74, 6) is -0.171. The summed E-state index contributed by atoms with van der Waals surface area (Å²) in [5, 5.41) is 15.5. The van der Waals surface area contributed by atoms with Crippen LogP contribution in [0, 0.1) is 5.92 Å². The van der Waals surface area contributed by atoms with Crippen LogP contribution in [-0.4, -0.2) is 27.2 Å². The molecule has 0 radical (unpaired) electrons. The summed E-state index contributed by atoms with van der Waals surface area (Å²) in [6.45, 7) is 4.11. The third kappa shape index (κ3) is 7.43. The first kappa shape index (κ1) is 23.2. The summed E-state index contributed by atoms with van der Waals surface area (Å²) in [5.41, 5.74) is 0.957. The number of rotatable bonds is 5. The Morgan fingerprint density at radius 1 is 1.21 bits per heavy atom. The fraction of sp³-hybridized carbons (Fsp3) is 0.182. The third-order valence-electron chi connectivity index (χ3n) is 3.57. The molecule has 1 aliphatic carbocycles. The number of aliphatic hydroxyl groups is 1. The minimum Gasteiger partial charge on any atom is -0.493 e. The van der Waals surface area contributed by atoms with E-state index < -0.39 is 5.91 Å². The molecule has 0 unspecified atom stereocenters. The standard InChI is InChI=1S/C17H19N3O2.C5H5.Fe/c1-13(2)7-12-19-20(16(21)14-5-3-4-6-14)17(22)15-8-10-18-11-9-15;1-2-4-5-3-1;/h3-6,8-13,21H,7H2,1-2H3;1-5H;/q;-1;. The molecule has 0 spiro atoms. The van der Waals surface area contributed by atoms with Gasteiger partial charge in [-0.05, 0) is 36.6 Å². The average molecular weight is 418 g/mol. The summed E-state index contributed by atoms with van der Waals surface area (Å²) < 4.78 is 0. The van der Waals surface area contributed by atoms with Crippen LogP contribution in [0.15, 0.2) is 95.7 Å². The summed E-state index contributed by atoms with van der Waals surface area (Å²) in [6.07, 6.45) is 12.4. The minimum atomic E-state index is -0.402. The number of nitrogens with zero attached hydrogens (tertiary/aromatic N) is 3. The summed E-state index contributed by atoms with van der Waals surface area (Å²) in [7, 11) is 0. The van der Waals surface area contributed by atoms with Crippen LogP contribution in [0.2, 0.25) is 0 Å². The van der Waals surface area contributed by atoms with Crippen molar-refractivity contribution in [1.29, 1.82) is 0 Å². The van der Waals surface area contributed by atoms with E-state index in [0.29, 0.717) is 23.5 Å². The molecule has 1 N–H and O–H groups in total. The Morgan fingerprint density at radius 3 is 2.32 bits per heavy atom. The van der Waals surface area contributed by atoms with E-state index in [-0.39, 0.29) is 23.0 Å². The van der Waals surface area contributed by atoms with Crippen LogP contribution in [-0.2, 0) is 17.1 Å². The van der Waals surface area contributed by atoms with Gasteiger partial charge in [-0.25, -0.2) is 12.1 Å². The summed E-state index contributed by atoms with van der Waals surface area (Å²) >= 11 is 0. The quantitative estimate of drug-likeness (QED) is 0.248. The maximum absolute atomic E-state index is 12.6. The molecule has 6 heteroatoms. The number of carbonyl (C=O) groups excluding carboxylic acids is 1. The molecule has 0 aliphatic heterocycles. The molecule has 0 atom stereocenters. The fourth-order valence-electron chi connectivity index (χ4n) is 2.13. The van der Waals surface area contributed by atoms with Crippen LogP contribution in [0.4, 0.5) is 0 Å². The molecule has 1 aromatic heterocycles. The van der Waals surface area contributed by atoms with E-state index in [4.69, 9.17) is 0 Å². The number of pyridine rings is 1. The van der Waals surface area contributed by atoms with Crippen LogP contribution in [0.25, 0.3) is 0 Å². The number of hydrogen-bond acceptors (Lipinski definition) is 4. The predicted molar refractivity (Wildman–Crippen MR) is 108 cm³/mol. The number of allylic oxidation sites excluding steroid dienone is 5. The molecule has 0 saturated carbocycles. The molecule has 28 heavy (non-hydrogen) atoms. The van der Waals surface area contributed by atoms with Crippen LogP contribution in [0.3, 0.4) is 0 Å². The van der Waals surface area contributed by atoms with E-state index in [9.17, 15) is 9.90 Å². The van der Waals surface area contributed by atoms with Gasteiger partial charge in [-0.2, -0.15) is 28.3 Å². The van der Waals surface area contributed by atoms with Crippen LogP contribution >= 0.6 is 0 Å². The van der Waals surface area contributed by atoms with Crippen molar-refractivity contribution >= 4 is 12.1 Å². The topological polar surface area (TPSA) is 65.8 Å². The minimum absolute atomic E-state index is 0. The van der Waals surface area contributed by atoms with Gasteiger partial charge in [0.25, 0.3) is 5.91 Å². The second-order valence-corrected chi connectivity index (χ2v) is 6.24. The maximum atomic E-state index is 12.6. The molecule has 0 fully saturated rings. The Labute approximate surface area is 176 Å². The van der Waals surface area contributed by atoms with Gasteiger partial charge in [0.1, 0.15) is 0 Å². The van der Waals surface area contributed by atoms with Gasteiger partial charge in [-0.1, -0.05) is 26.0 Å². The largest absolute Gasteiger partial charge is 0.493 e. The van der Waals surface area contributed by atoms with Gasteiger partial charge in [-0.15, -0.1) is 0 Å². The Balaban J connectivity index is 0.000000567. The zero-order chi connectivity index (χ0) is 19.5. The molecular weight excluding hydrogens is 394 g/mol. The number of hydrazone groups is 1. The first-order chi connectivity index (χ1) is 13.1. The van der Waals surface area contributed by atoms with Crippen LogP contribution in [0.5, 0.6) is 0 Å². The van der Waals surface area contributed by atoms with Gasteiger partial charge in [0.05, 0.1) is 0 Å². The molecule has 5 nitrogen and oxygen atoms in total. The molecule has 3 rings (SSSR count). The SMILES string of the molecule is CC(C)CC=NN(C(=O)c1ccncc1)C(O)=C1C=CC=C1.[Fe].c1cc[cH-]c1. The van der Waals surface area contributed by atoms with Gasteiger partial charge in [-0.3, -0.25) is 9.78 Å². The van der Waals surface area contributed by atoms with Crippen molar-refractivity contribution in [3.05, 3.63) is 96.2 Å². The number of aliphatic hydroxyl groups excluding tert-OH is 1. The van der Waals surface area contributed by atoms with Crippen molar-refractivity contribution in [2.75, 3.05) is 0 Å². The second-order valence-electron chi connectivity index (χ2n) is 6.24. The molecule has 1 amide bonds. The van der Waals surface area contributed by atoms with E-state index in [1.54, 1.807) is 42.7 Å². The number of carbonyl (C=O) groups is 1. The summed E-state index contributed by atoms with van der Waals surface area (Å²) in [4.78, 5) is 16.4. The van der Waals surface area contributed by atoms with Gasteiger partial charge in [0.2, 0.25) is 5.88 Å². The second kappa shape index (κ2) is 12.5. The summed E-state index contributed by atoms with van der Waals surface area (Å²) in [6, 6.07) is 13.2. The number of amides is 1. The number of aromatic nitrogens is 1. The molecule has 1 aromatic carbocycles. The normalized spacial score (nSPS) is 11.9. The zero-order valence-corrected chi connectivity index (χ0v) is 17.0. The van der Waals surface area contributed by atoms with E-state index in [0.717, 1.165) is 5.01 Å². The van der Waals surface area contributed by atoms with Crippen LogP contribution < -0.4 is 0 Å². The first-order valence-electron chi connectivity index (χ1n) is 8.81. The zero-order valence-electron chi connectivity index (χ0n) is 15.9. The molecule has 0 bridgehead atoms. The Kier molecular flexibility index (Phi) is 10.4. The number of hydrogen-bond donors (Lipinski definition) is 1. The maximum Gasteiger partial charge on any atom is 0.281 e. The van der Waals surface area contributed by atoms with Crippen molar-refractivity contribution in [2.45, 2.75) is 20.3 Å². The smallest absolute Gasteiger partial charge is 0.281 e. The van der Waals surface area contributed by atoms with Gasteiger partial charge >= 0.3 is 0 Å². The van der Waals surface area contributed by atoms with E-state index in [1.807, 2.05) is 30.3 Å². The molecule has 2 aromatic rings. The molecule has 1 heterocycles. The Hall–Kier alpha value is -2.82. The monoisotopic (exact) mass is 418 g/mol. The molecular formula is C22H24FeN3O2-. The first-order valence-corrected chi connectivity index (χ1v) is 8.81. The predicted octanol–water partition coefficient (Wildman–Crippen LogP) is 4.85. The molecule has 0 saturated heterocycles. The van der Waals surface area contributed by atoms with Gasteiger partial charge in [0.15, 0.2) is 0 Å². The van der Waals surface area contributed by atoms with Gasteiger partial charge in [0, 0.05) is 46.8 Å². The van der Waals surface area contributed by atoms with Gasteiger partial charge < -0.3 is 5.11 Å². The molecule has 148 valence electrons. The Morgan fingerprint density at radius 2 is 1.82 bits per heavy atom. The van der Waals surface area contributed by atoms with Crippen LogP contribution in [0.1, 0.15) is 30.6 Å². The fourth-order valence-corrected chi connectivity index (χ4v) is 2.13. The van der Waals surface area contributed by atoms with E-state index in [1.165, 1.54) is 12.4 Å². The van der Waals surface area contributed by atoms with Crippen molar-refractivity contribution in [2.24, 2.45) is 11.0 Å².